The predicted molar refractivity (Wildman–Crippen MR) is 117 cm³/mol. The second-order valence-corrected chi connectivity index (χ2v) is 7.52. The van der Waals surface area contributed by atoms with Crippen molar-refractivity contribution in [3.05, 3.63) is 71.9 Å². The number of thiazole rings is 1. The maximum Gasteiger partial charge on any atom is 0.250 e. The highest BCUT2D eigenvalue weighted by Gasteiger charge is 2.09. The molecule has 0 bridgehead atoms. The molecule has 28 heavy (non-hydrogen) atoms. The summed E-state index contributed by atoms with van der Waals surface area (Å²) in [6.07, 6.45) is 8.42. The molecule has 2 heterocycles. The van der Waals surface area contributed by atoms with Crippen LogP contribution in [0.5, 0.6) is 0 Å². The van der Waals surface area contributed by atoms with Gasteiger partial charge in [0.15, 0.2) is 10.3 Å². The maximum atomic E-state index is 12.2. The van der Waals surface area contributed by atoms with Crippen LogP contribution in [0.4, 0.5) is 5.13 Å². The zero-order valence-electron chi connectivity index (χ0n) is 15.0. The Balaban J connectivity index is 1.48. The zero-order valence-corrected chi connectivity index (χ0v) is 16.6. The molecule has 4 rings (SSSR count). The number of carbonyl (C=O) groups excluding carboxylic acids is 1. The van der Waals surface area contributed by atoms with Gasteiger partial charge in [0.25, 0.3) is 0 Å². The summed E-state index contributed by atoms with van der Waals surface area (Å²) in [5.41, 5.74) is 2.67. The largest absolute Gasteiger partial charge is 0.298 e. The normalized spacial score (nSPS) is 11.2. The van der Waals surface area contributed by atoms with Gasteiger partial charge in [-0.15, -0.1) is 11.3 Å². The summed E-state index contributed by atoms with van der Waals surface area (Å²) in [5, 5.41) is 8.33. The molecule has 0 aliphatic carbocycles. The highest BCUT2D eigenvalue weighted by Crippen LogP contribution is 2.30. The molecule has 0 saturated heterocycles. The van der Waals surface area contributed by atoms with Gasteiger partial charge < -0.3 is 0 Å². The number of anilines is 1. The lowest BCUT2D eigenvalue weighted by molar-refractivity contribution is -0.111. The first-order chi connectivity index (χ1) is 13.7. The molecule has 0 spiro atoms. The first-order valence-electron chi connectivity index (χ1n) is 8.52. The maximum absolute atomic E-state index is 12.2. The van der Waals surface area contributed by atoms with E-state index in [-0.39, 0.29) is 5.91 Å². The van der Waals surface area contributed by atoms with Crippen molar-refractivity contribution >= 4 is 51.0 Å². The van der Waals surface area contributed by atoms with Crippen molar-refractivity contribution in [2.45, 2.75) is 5.16 Å². The Bertz CT molecular complexity index is 1150. The van der Waals surface area contributed by atoms with Crippen molar-refractivity contribution in [2.24, 2.45) is 0 Å². The Hall–Kier alpha value is -3.03. The lowest BCUT2D eigenvalue weighted by Gasteiger charge is -2.03. The van der Waals surface area contributed by atoms with Crippen LogP contribution in [0.15, 0.2) is 71.5 Å². The number of rotatable bonds is 5. The zero-order chi connectivity index (χ0) is 19.3. The number of benzene rings is 2. The molecule has 0 unspecified atom stereocenters. The fraction of sp³-hybridized carbons (Fsp3) is 0.0476. The Morgan fingerprint density at radius 2 is 1.89 bits per heavy atom. The van der Waals surface area contributed by atoms with Gasteiger partial charge in [0.2, 0.25) is 5.91 Å². The topological polar surface area (TPSA) is 67.8 Å². The molecule has 0 radical (unpaired) electrons. The van der Waals surface area contributed by atoms with E-state index in [0.29, 0.717) is 10.3 Å². The van der Waals surface area contributed by atoms with Crippen molar-refractivity contribution in [1.29, 1.82) is 0 Å². The minimum Gasteiger partial charge on any atom is -0.298 e. The second-order valence-electron chi connectivity index (χ2n) is 5.89. The second kappa shape index (κ2) is 8.33. The summed E-state index contributed by atoms with van der Waals surface area (Å²) in [6, 6.07) is 14.3. The van der Waals surface area contributed by atoms with Gasteiger partial charge in [-0.3, -0.25) is 10.1 Å². The summed E-state index contributed by atoms with van der Waals surface area (Å²) in [4.78, 5) is 25.1. The molecule has 0 fully saturated rings. The molecule has 0 saturated carbocycles. The number of nitrogens with one attached hydrogen (secondary N) is 1. The number of hydrogen-bond donors (Lipinski definition) is 1. The van der Waals surface area contributed by atoms with Gasteiger partial charge in [0.1, 0.15) is 0 Å². The SMILES string of the molecule is CSc1ncc(/C=C/C(=O)Nc2nc(-c3cccc4ccccc34)cs2)cn1. The lowest BCUT2D eigenvalue weighted by atomic mass is 10.0. The van der Waals surface area contributed by atoms with Gasteiger partial charge in [-0.1, -0.05) is 54.2 Å². The van der Waals surface area contributed by atoms with Gasteiger partial charge >= 0.3 is 0 Å². The molecule has 0 aliphatic heterocycles. The first kappa shape index (κ1) is 18.3. The third-order valence-electron chi connectivity index (χ3n) is 4.06. The van der Waals surface area contributed by atoms with E-state index in [1.165, 1.54) is 29.2 Å². The van der Waals surface area contributed by atoms with Crippen molar-refractivity contribution in [3.8, 4) is 11.3 Å². The van der Waals surface area contributed by atoms with E-state index in [0.717, 1.165) is 27.6 Å². The average molecular weight is 405 g/mol. The Morgan fingerprint density at radius 3 is 2.71 bits per heavy atom. The van der Waals surface area contributed by atoms with Crippen LogP contribution in [-0.4, -0.2) is 27.1 Å². The van der Waals surface area contributed by atoms with Crippen LogP contribution in [0.1, 0.15) is 5.56 Å². The van der Waals surface area contributed by atoms with E-state index in [9.17, 15) is 4.79 Å². The van der Waals surface area contributed by atoms with E-state index in [1.807, 2.05) is 35.9 Å². The lowest BCUT2D eigenvalue weighted by Crippen LogP contribution is -2.07. The molecule has 1 amide bonds. The van der Waals surface area contributed by atoms with E-state index < -0.39 is 0 Å². The number of amides is 1. The molecular weight excluding hydrogens is 388 g/mol. The van der Waals surface area contributed by atoms with Crippen LogP contribution >= 0.6 is 23.1 Å². The number of aromatic nitrogens is 3. The average Bonchev–Trinajstić information content (AvgIpc) is 3.20. The summed E-state index contributed by atoms with van der Waals surface area (Å²) < 4.78 is 0. The standard InChI is InChI=1S/C21H16N4OS2/c1-27-20-22-11-14(12-23-20)9-10-19(26)25-21-24-18(13-28-21)17-8-4-6-15-5-2-3-7-16(15)17/h2-13H,1H3,(H,24,25,26)/b10-9+. The van der Waals surface area contributed by atoms with Crippen LogP contribution in [-0.2, 0) is 4.79 Å². The molecule has 1 N–H and O–H groups in total. The van der Waals surface area contributed by atoms with Crippen LogP contribution < -0.4 is 5.32 Å². The summed E-state index contributed by atoms with van der Waals surface area (Å²) in [6.45, 7) is 0. The quantitative estimate of drug-likeness (QED) is 0.284. The fourth-order valence-electron chi connectivity index (χ4n) is 2.74. The molecule has 2 aromatic heterocycles. The molecule has 4 aromatic rings. The van der Waals surface area contributed by atoms with Gasteiger partial charge in [-0.2, -0.15) is 0 Å². The molecule has 138 valence electrons. The fourth-order valence-corrected chi connectivity index (χ4v) is 3.77. The van der Waals surface area contributed by atoms with Crippen LogP contribution in [0, 0.1) is 0 Å². The highest BCUT2D eigenvalue weighted by molar-refractivity contribution is 7.98. The van der Waals surface area contributed by atoms with E-state index in [1.54, 1.807) is 18.5 Å². The molecule has 0 atom stereocenters. The number of hydrogen-bond acceptors (Lipinski definition) is 6. The molecule has 5 nitrogen and oxygen atoms in total. The van der Waals surface area contributed by atoms with E-state index in [4.69, 9.17) is 0 Å². The van der Waals surface area contributed by atoms with Crippen LogP contribution in [0.3, 0.4) is 0 Å². The molecular formula is C21H16N4OS2. The number of fused-ring (bicyclic) bond motifs is 1. The number of thioether (sulfide) groups is 1. The van der Waals surface area contributed by atoms with Crippen LogP contribution in [0.25, 0.3) is 28.1 Å². The summed E-state index contributed by atoms with van der Waals surface area (Å²) in [5.74, 6) is -0.243. The van der Waals surface area contributed by atoms with Gasteiger partial charge in [-0.05, 0) is 23.1 Å². The summed E-state index contributed by atoms with van der Waals surface area (Å²) >= 11 is 2.88. The molecule has 2 aromatic carbocycles. The van der Waals surface area contributed by atoms with E-state index >= 15 is 0 Å². The number of nitrogens with zero attached hydrogens (tertiary/aromatic N) is 3. The predicted octanol–water partition coefficient (Wildman–Crippen LogP) is 5.13. The van der Waals surface area contributed by atoms with Gasteiger partial charge in [-0.25, -0.2) is 15.0 Å². The minimum absolute atomic E-state index is 0.243. The third-order valence-corrected chi connectivity index (χ3v) is 5.39. The monoisotopic (exact) mass is 404 g/mol. The van der Waals surface area contributed by atoms with Crippen molar-refractivity contribution < 1.29 is 4.79 Å². The third kappa shape index (κ3) is 4.11. The van der Waals surface area contributed by atoms with Gasteiger partial charge in [0, 0.05) is 35.0 Å². The first-order valence-corrected chi connectivity index (χ1v) is 10.6. The highest BCUT2D eigenvalue weighted by atomic mass is 32.2. The van der Waals surface area contributed by atoms with E-state index in [2.05, 4.69) is 38.5 Å². The Morgan fingerprint density at radius 1 is 1.11 bits per heavy atom. The Labute approximate surface area is 170 Å². The minimum atomic E-state index is -0.243. The van der Waals surface area contributed by atoms with Crippen molar-refractivity contribution in [3.63, 3.8) is 0 Å². The smallest absolute Gasteiger partial charge is 0.250 e. The Kier molecular flexibility index (Phi) is 5.45. The van der Waals surface area contributed by atoms with Crippen LogP contribution in [0.2, 0.25) is 0 Å². The summed E-state index contributed by atoms with van der Waals surface area (Å²) in [7, 11) is 0. The molecule has 0 aliphatic rings. The van der Waals surface area contributed by atoms with Crippen molar-refractivity contribution in [1.82, 2.24) is 15.0 Å². The van der Waals surface area contributed by atoms with Crippen molar-refractivity contribution in [2.75, 3.05) is 11.6 Å². The molecule has 7 heteroatoms. The van der Waals surface area contributed by atoms with Gasteiger partial charge in [0.05, 0.1) is 5.69 Å². The number of carbonyl (C=O) groups is 1.